The van der Waals surface area contributed by atoms with E-state index in [1.165, 1.54) is 4.31 Å². The second-order valence-corrected chi connectivity index (χ2v) is 9.59. The highest BCUT2D eigenvalue weighted by atomic mass is 32.2. The Hall–Kier alpha value is -3.13. The van der Waals surface area contributed by atoms with Gasteiger partial charge < -0.3 is 9.30 Å². The first-order valence-electron chi connectivity index (χ1n) is 10.3. The molecule has 31 heavy (non-hydrogen) atoms. The molecule has 0 radical (unpaired) electrons. The van der Waals surface area contributed by atoms with Crippen LogP contribution in [0, 0.1) is 0 Å². The smallest absolute Gasteiger partial charge is 0.340 e. The van der Waals surface area contributed by atoms with Gasteiger partial charge in [-0.15, -0.1) is 0 Å². The zero-order valence-corrected chi connectivity index (χ0v) is 18.3. The van der Waals surface area contributed by atoms with E-state index in [9.17, 15) is 18.0 Å². The maximum atomic E-state index is 12.6. The first-order valence-corrected chi connectivity index (χ1v) is 11.9. The predicted molar refractivity (Wildman–Crippen MR) is 119 cm³/mol. The molecule has 0 saturated heterocycles. The minimum atomic E-state index is -3.34. The molecule has 0 bridgehead atoms. The highest BCUT2D eigenvalue weighted by Crippen LogP contribution is 2.31. The van der Waals surface area contributed by atoms with Crippen LogP contribution in [-0.2, 0) is 27.7 Å². The number of aryl methyl sites for hydroxylation is 1. The Morgan fingerprint density at radius 3 is 2.61 bits per heavy atom. The van der Waals surface area contributed by atoms with Crippen molar-refractivity contribution in [2.45, 2.75) is 26.8 Å². The third-order valence-electron chi connectivity index (χ3n) is 5.64. The van der Waals surface area contributed by atoms with Gasteiger partial charge in [-0.05, 0) is 50.1 Å². The number of fused-ring (bicyclic) bond motifs is 2. The second kappa shape index (κ2) is 8.19. The summed E-state index contributed by atoms with van der Waals surface area (Å²) in [5.41, 5.74) is 3.19. The summed E-state index contributed by atoms with van der Waals surface area (Å²) in [6, 6.07) is 12.5. The number of nitrogens with zero attached hydrogens (tertiary/aromatic N) is 2. The maximum absolute atomic E-state index is 12.6. The Morgan fingerprint density at radius 1 is 1.10 bits per heavy atom. The molecule has 3 aromatic rings. The summed E-state index contributed by atoms with van der Waals surface area (Å²) >= 11 is 0. The van der Waals surface area contributed by atoms with Crippen molar-refractivity contribution in [1.29, 1.82) is 0 Å². The molecule has 1 aliphatic heterocycles. The average Bonchev–Trinajstić information content (AvgIpc) is 3.38. The van der Waals surface area contributed by atoms with E-state index in [1.807, 2.05) is 35.8 Å². The van der Waals surface area contributed by atoms with Crippen molar-refractivity contribution in [3.63, 3.8) is 0 Å². The molecule has 0 saturated carbocycles. The van der Waals surface area contributed by atoms with Crippen molar-refractivity contribution in [1.82, 2.24) is 4.57 Å². The van der Waals surface area contributed by atoms with Crippen LogP contribution in [0.4, 0.5) is 5.69 Å². The number of para-hydroxylation sites is 1. The van der Waals surface area contributed by atoms with Gasteiger partial charge in [-0.3, -0.25) is 9.10 Å². The number of carbonyl (C=O) groups excluding carboxylic acids is 2. The van der Waals surface area contributed by atoms with Gasteiger partial charge in [0, 0.05) is 35.8 Å². The van der Waals surface area contributed by atoms with E-state index in [4.69, 9.17) is 4.74 Å². The highest BCUT2D eigenvalue weighted by molar-refractivity contribution is 7.92. The molecule has 0 spiro atoms. The molecule has 1 aliphatic rings. The fourth-order valence-corrected chi connectivity index (χ4v) is 5.11. The first-order chi connectivity index (χ1) is 14.9. The number of ether oxygens (including phenoxy) is 1. The number of hydrogen-bond donors (Lipinski definition) is 0. The van der Waals surface area contributed by atoms with Crippen LogP contribution >= 0.6 is 0 Å². The molecular weight excluding hydrogens is 416 g/mol. The minimum absolute atomic E-state index is 0.0253. The topological polar surface area (TPSA) is 85.7 Å². The number of aromatic nitrogens is 1. The molecule has 162 valence electrons. The van der Waals surface area contributed by atoms with Gasteiger partial charge in [-0.1, -0.05) is 18.2 Å². The van der Waals surface area contributed by atoms with Crippen LogP contribution < -0.4 is 4.31 Å². The Bertz CT molecular complexity index is 1280. The zero-order chi connectivity index (χ0) is 22.2. The maximum Gasteiger partial charge on any atom is 0.340 e. The molecule has 1 aromatic heterocycles. The molecular formula is C23H24N2O5S. The molecule has 8 heteroatoms. The Kier molecular flexibility index (Phi) is 5.58. The monoisotopic (exact) mass is 440 g/mol. The van der Waals surface area contributed by atoms with Crippen LogP contribution in [0.3, 0.4) is 0 Å². The van der Waals surface area contributed by atoms with Crippen molar-refractivity contribution in [3.8, 4) is 0 Å². The van der Waals surface area contributed by atoms with Gasteiger partial charge in [0.2, 0.25) is 10.0 Å². The summed E-state index contributed by atoms with van der Waals surface area (Å²) in [5, 5.41) is 0.788. The number of sulfonamides is 1. The third-order valence-corrected chi connectivity index (χ3v) is 7.42. The quantitative estimate of drug-likeness (QED) is 0.415. The van der Waals surface area contributed by atoms with Gasteiger partial charge in [-0.2, -0.15) is 0 Å². The summed E-state index contributed by atoms with van der Waals surface area (Å²) in [5.74, 6) is -0.845. The fourth-order valence-electron chi connectivity index (χ4n) is 3.95. The number of esters is 1. The second-order valence-electron chi connectivity index (χ2n) is 7.41. The first kappa shape index (κ1) is 21.1. The molecule has 2 aromatic carbocycles. The van der Waals surface area contributed by atoms with Gasteiger partial charge in [0.1, 0.15) is 0 Å². The molecule has 0 unspecified atom stereocenters. The number of ketones is 1. The summed E-state index contributed by atoms with van der Waals surface area (Å²) < 4.78 is 33.1. The lowest BCUT2D eigenvalue weighted by Crippen LogP contribution is -2.30. The van der Waals surface area contributed by atoms with Crippen LogP contribution in [0.15, 0.2) is 48.7 Å². The van der Waals surface area contributed by atoms with Crippen molar-refractivity contribution >= 4 is 38.4 Å². The molecule has 0 N–H and O–H groups in total. The van der Waals surface area contributed by atoms with E-state index in [-0.39, 0.29) is 18.1 Å². The molecule has 0 aliphatic carbocycles. The molecule has 0 atom stereocenters. The SMILES string of the molecule is CCn1cc(C(=O)OCC(=O)c2ccc3c(c2)CCN3S(=O)(=O)CC)c2ccccc21. The van der Waals surface area contributed by atoms with Gasteiger partial charge >= 0.3 is 5.97 Å². The van der Waals surface area contributed by atoms with Gasteiger partial charge in [-0.25, -0.2) is 13.2 Å². The molecule has 7 nitrogen and oxygen atoms in total. The van der Waals surface area contributed by atoms with Crippen LogP contribution in [0.2, 0.25) is 0 Å². The summed E-state index contributed by atoms with van der Waals surface area (Å²) in [7, 11) is -3.34. The number of benzene rings is 2. The van der Waals surface area contributed by atoms with Gasteiger partial charge in [0.25, 0.3) is 0 Å². The Morgan fingerprint density at radius 2 is 1.87 bits per heavy atom. The molecule has 4 rings (SSSR count). The normalized spacial score (nSPS) is 13.4. The van der Waals surface area contributed by atoms with Crippen molar-refractivity contribution in [2.24, 2.45) is 0 Å². The van der Waals surface area contributed by atoms with E-state index < -0.39 is 16.0 Å². The third kappa shape index (κ3) is 3.83. The van der Waals surface area contributed by atoms with Crippen LogP contribution in [0.25, 0.3) is 10.9 Å². The number of Topliss-reactive ketones (excluding diaryl/α,β-unsaturated/α-hetero) is 1. The summed E-state index contributed by atoms with van der Waals surface area (Å²) in [6.07, 6.45) is 2.29. The number of carbonyl (C=O) groups is 2. The highest BCUT2D eigenvalue weighted by Gasteiger charge is 2.28. The van der Waals surface area contributed by atoms with Gasteiger partial charge in [0.05, 0.1) is 17.0 Å². The summed E-state index contributed by atoms with van der Waals surface area (Å²) in [6.45, 7) is 4.32. The van der Waals surface area contributed by atoms with E-state index in [0.29, 0.717) is 36.3 Å². The van der Waals surface area contributed by atoms with Crippen LogP contribution in [0.1, 0.15) is 40.1 Å². The van der Waals surface area contributed by atoms with E-state index in [2.05, 4.69) is 0 Å². The van der Waals surface area contributed by atoms with Crippen LogP contribution in [0.5, 0.6) is 0 Å². The Balaban J connectivity index is 1.48. The zero-order valence-electron chi connectivity index (χ0n) is 17.5. The Labute approximate surface area is 181 Å². The summed E-state index contributed by atoms with van der Waals surface area (Å²) in [4.78, 5) is 25.3. The van der Waals surface area contributed by atoms with E-state index >= 15 is 0 Å². The minimum Gasteiger partial charge on any atom is -0.454 e. The van der Waals surface area contributed by atoms with Crippen LogP contribution in [-0.4, -0.2) is 43.6 Å². The standard InChI is InChI=1S/C23H24N2O5S/c1-3-24-14-19(18-7-5-6-8-21(18)24)23(27)30-15-22(26)17-9-10-20-16(13-17)11-12-25(20)31(28,29)4-2/h5-10,13-14H,3-4,11-12,15H2,1-2H3. The lowest BCUT2D eigenvalue weighted by molar-refractivity contribution is 0.0476. The molecule has 0 fully saturated rings. The van der Waals surface area contributed by atoms with Crippen molar-refractivity contribution < 1.29 is 22.7 Å². The van der Waals surface area contributed by atoms with E-state index in [1.54, 1.807) is 31.3 Å². The number of anilines is 1. The molecule has 0 amide bonds. The average molecular weight is 441 g/mol. The van der Waals surface area contributed by atoms with E-state index in [0.717, 1.165) is 16.5 Å². The van der Waals surface area contributed by atoms with Crippen molar-refractivity contribution in [2.75, 3.05) is 23.2 Å². The fraction of sp³-hybridized carbons (Fsp3) is 0.304. The largest absolute Gasteiger partial charge is 0.454 e. The number of rotatable bonds is 7. The van der Waals surface area contributed by atoms with Crippen molar-refractivity contribution in [3.05, 3.63) is 65.4 Å². The lowest BCUT2D eigenvalue weighted by atomic mass is 10.1. The lowest BCUT2D eigenvalue weighted by Gasteiger charge is -2.18. The predicted octanol–water partition coefficient (Wildman–Crippen LogP) is 3.41. The number of hydrogen-bond acceptors (Lipinski definition) is 5. The van der Waals surface area contributed by atoms with Gasteiger partial charge in [0.15, 0.2) is 12.4 Å². The molecule has 2 heterocycles.